The van der Waals surface area contributed by atoms with Crippen molar-refractivity contribution in [2.24, 2.45) is 5.92 Å². The molecule has 1 saturated heterocycles. The van der Waals surface area contributed by atoms with Crippen LogP contribution in [0.1, 0.15) is 29.8 Å². The molecule has 1 aromatic heterocycles. The molecule has 2 fully saturated rings. The molecular weight excluding hydrogens is 316 g/mol. The van der Waals surface area contributed by atoms with E-state index in [2.05, 4.69) is 35.9 Å². The van der Waals surface area contributed by atoms with Gasteiger partial charge in [0.15, 0.2) is 0 Å². The van der Waals surface area contributed by atoms with E-state index in [9.17, 15) is 9.90 Å². The van der Waals surface area contributed by atoms with Crippen molar-refractivity contribution < 1.29 is 9.90 Å². The molecule has 0 spiro atoms. The zero-order valence-electron chi connectivity index (χ0n) is 15.0. The molecular formula is C19H26N4O2. The number of H-pyrrole nitrogens is 1. The molecule has 0 radical (unpaired) electrons. The summed E-state index contributed by atoms with van der Waals surface area (Å²) in [6.07, 6.45) is 1.51. The van der Waals surface area contributed by atoms with Gasteiger partial charge < -0.3 is 15.0 Å². The van der Waals surface area contributed by atoms with Gasteiger partial charge in [0.1, 0.15) is 5.82 Å². The monoisotopic (exact) mass is 342 g/mol. The minimum absolute atomic E-state index is 0.209. The first-order valence-electron chi connectivity index (χ1n) is 9.15. The number of aromatic amines is 1. The SMILES string of the molecule is Cc1ccc2[nH]c(CN3CCN(C(=O)C4CC4)C[C@H](O)C3)nc2c1C. The minimum atomic E-state index is -0.501. The number of aliphatic hydroxyl groups excluding tert-OH is 1. The summed E-state index contributed by atoms with van der Waals surface area (Å²) in [6.45, 7) is 7.33. The van der Waals surface area contributed by atoms with E-state index >= 15 is 0 Å². The standard InChI is InChI=1S/C19H26N4O2/c1-12-3-6-16-18(13(12)2)21-17(20-16)11-22-7-8-23(10-15(24)9-22)19(25)14-4-5-14/h3,6,14-15,24H,4-5,7-11H2,1-2H3,(H,20,21)/t15-/m1/s1. The van der Waals surface area contributed by atoms with E-state index < -0.39 is 6.10 Å². The Hall–Kier alpha value is -1.92. The van der Waals surface area contributed by atoms with Gasteiger partial charge in [0, 0.05) is 32.1 Å². The summed E-state index contributed by atoms with van der Waals surface area (Å²) < 4.78 is 0. The second-order valence-corrected chi connectivity index (χ2v) is 7.53. The van der Waals surface area contributed by atoms with E-state index in [0.29, 0.717) is 26.2 Å². The number of rotatable bonds is 3. The Morgan fingerprint density at radius 1 is 1.28 bits per heavy atom. The van der Waals surface area contributed by atoms with E-state index in [-0.39, 0.29) is 11.8 Å². The molecule has 2 aromatic rings. The van der Waals surface area contributed by atoms with Crippen LogP contribution >= 0.6 is 0 Å². The zero-order valence-corrected chi connectivity index (χ0v) is 15.0. The Kier molecular flexibility index (Phi) is 4.25. The van der Waals surface area contributed by atoms with Gasteiger partial charge in [-0.25, -0.2) is 4.98 Å². The maximum absolute atomic E-state index is 12.3. The first-order chi connectivity index (χ1) is 12.0. The first kappa shape index (κ1) is 16.5. The maximum Gasteiger partial charge on any atom is 0.225 e. The number of amides is 1. The van der Waals surface area contributed by atoms with E-state index in [1.165, 1.54) is 11.1 Å². The van der Waals surface area contributed by atoms with Crippen LogP contribution in [0.2, 0.25) is 0 Å². The molecule has 1 aliphatic heterocycles. The highest BCUT2D eigenvalue weighted by Crippen LogP contribution is 2.31. The molecule has 1 aliphatic carbocycles. The van der Waals surface area contributed by atoms with E-state index in [0.717, 1.165) is 36.2 Å². The summed E-state index contributed by atoms with van der Waals surface area (Å²) in [5, 5.41) is 10.3. The third kappa shape index (κ3) is 3.41. The summed E-state index contributed by atoms with van der Waals surface area (Å²) >= 11 is 0. The fraction of sp³-hybridized carbons (Fsp3) is 0.579. The number of hydrogen-bond donors (Lipinski definition) is 2. The van der Waals surface area contributed by atoms with Gasteiger partial charge in [0.05, 0.1) is 23.7 Å². The Morgan fingerprint density at radius 3 is 2.84 bits per heavy atom. The summed E-state index contributed by atoms with van der Waals surface area (Å²) in [6, 6.07) is 4.18. The van der Waals surface area contributed by atoms with Crippen molar-refractivity contribution >= 4 is 16.9 Å². The Labute approximate surface area is 147 Å². The van der Waals surface area contributed by atoms with Crippen molar-refractivity contribution in [1.82, 2.24) is 19.8 Å². The average molecular weight is 342 g/mol. The number of imidazole rings is 1. The quantitative estimate of drug-likeness (QED) is 0.889. The molecule has 1 aromatic carbocycles. The second kappa shape index (κ2) is 6.42. The lowest BCUT2D eigenvalue weighted by atomic mass is 10.1. The Bertz CT molecular complexity index is 796. The number of benzene rings is 1. The zero-order chi connectivity index (χ0) is 17.6. The molecule has 2 aliphatic rings. The van der Waals surface area contributed by atoms with Crippen LogP contribution in [0.25, 0.3) is 11.0 Å². The number of aliphatic hydroxyl groups is 1. The minimum Gasteiger partial charge on any atom is -0.390 e. The van der Waals surface area contributed by atoms with Crippen LogP contribution in [0.4, 0.5) is 0 Å². The lowest BCUT2D eigenvalue weighted by molar-refractivity contribution is -0.133. The smallest absolute Gasteiger partial charge is 0.225 e. The molecule has 4 rings (SSSR count). The number of carbonyl (C=O) groups excluding carboxylic acids is 1. The largest absolute Gasteiger partial charge is 0.390 e. The maximum atomic E-state index is 12.3. The third-order valence-corrected chi connectivity index (χ3v) is 5.43. The van der Waals surface area contributed by atoms with Gasteiger partial charge >= 0.3 is 0 Å². The van der Waals surface area contributed by atoms with E-state index in [1.54, 1.807) is 0 Å². The van der Waals surface area contributed by atoms with Gasteiger partial charge in [0.25, 0.3) is 0 Å². The van der Waals surface area contributed by atoms with Crippen molar-refractivity contribution in [1.29, 1.82) is 0 Å². The number of carbonyl (C=O) groups is 1. The van der Waals surface area contributed by atoms with Crippen molar-refractivity contribution in [3.05, 3.63) is 29.1 Å². The van der Waals surface area contributed by atoms with Crippen molar-refractivity contribution in [3.63, 3.8) is 0 Å². The van der Waals surface area contributed by atoms with Crippen LogP contribution in [0.15, 0.2) is 12.1 Å². The van der Waals surface area contributed by atoms with Gasteiger partial charge in [-0.1, -0.05) is 6.07 Å². The number of fused-ring (bicyclic) bond motifs is 1. The van der Waals surface area contributed by atoms with Crippen molar-refractivity contribution in [2.45, 2.75) is 39.3 Å². The fourth-order valence-electron chi connectivity index (χ4n) is 3.64. The van der Waals surface area contributed by atoms with Crippen LogP contribution in [-0.4, -0.2) is 63.1 Å². The normalized spacial score (nSPS) is 22.4. The molecule has 134 valence electrons. The Balaban J connectivity index is 1.47. The lowest BCUT2D eigenvalue weighted by Crippen LogP contribution is -2.38. The molecule has 1 atom stereocenters. The summed E-state index contributed by atoms with van der Waals surface area (Å²) in [5.41, 5.74) is 4.52. The molecule has 2 heterocycles. The van der Waals surface area contributed by atoms with Crippen molar-refractivity contribution in [2.75, 3.05) is 26.2 Å². The highest BCUT2D eigenvalue weighted by Gasteiger charge is 2.35. The lowest BCUT2D eigenvalue weighted by Gasteiger charge is -2.21. The molecule has 6 heteroatoms. The predicted octanol–water partition coefficient (Wildman–Crippen LogP) is 1.59. The molecule has 1 amide bonds. The van der Waals surface area contributed by atoms with E-state index in [1.807, 2.05) is 4.90 Å². The van der Waals surface area contributed by atoms with Gasteiger partial charge in [-0.2, -0.15) is 0 Å². The number of nitrogens with one attached hydrogen (secondary N) is 1. The van der Waals surface area contributed by atoms with E-state index in [4.69, 9.17) is 4.98 Å². The summed E-state index contributed by atoms with van der Waals surface area (Å²) in [5.74, 6) is 1.34. The van der Waals surface area contributed by atoms with Crippen LogP contribution in [-0.2, 0) is 11.3 Å². The number of aryl methyl sites for hydroxylation is 2. The Morgan fingerprint density at radius 2 is 2.08 bits per heavy atom. The average Bonchev–Trinajstić information content (AvgIpc) is 3.36. The number of aromatic nitrogens is 2. The van der Waals surface area contributed by atoms with Gasteiger partial charge in [-0.15, -0.1) is 0 Å². The van der Waals surface area contributed by atoms with Crippen LogP contribution in [0.5, 0.6) is 0 Å². The first-order valence-corrected chi connectivity index (χ1v) is 9.15. The topological polar surface area (TPSA) is 72.5 Å². The van der Waals surface area contributed by atoms with Gasteiger partial charge in [-0.3, -0.25) is 9.69 Å². The van der Waals surface area contributed by atoms with Gasteiger partial charge in [-0.05, 0) is 43.9 Å². The molecule has 25 heavy (non-hydrogen) atoms. The fourth-order valence-corrected chi connectivity index (χ4v) is 3.64. The molecule has 0 bridgehead atoms. The van der Waals surface area contributed by atoms with Crippen LogP contribution in [0.3, 0.4) is 0 Å². The summed E-state index contributed by atoms with van der Waals surface area (Å²) in [4.78, 5) is 24.5. The number of β-amino-alcohol motifs (C(OH)–C–C–N with tert-alkyl or cyclic N) is 1. The molecule has 6 nitrogen and oxygen atoms in total. The number of hydrogen-bond acceptors (Lipinski definition) is 4. The predicted molar refractivity (Wildman–Crippen MR) is 96.2 cm³/mol. The molecule has 0 unspecified atom stereocenters. The van der Waals surface area contributed by atoms with Crippen LogP contribution in [0, 0.1) is 19.8 Å². The summed E-state index contributed by atoms with van der Waals surface area (Å²) in [7, 11) is 0. The van der Waals surface area contributed by atoms with Gasteiger partial charge in [0.2, 0.25) is 5.91 Å². The van der Waals surface area contributed by atoms with Crippen LogP contribution < -0.4 is 0 Å². The molecule has 2 N–H and O–H groups in total. The highest BCUT2D eigenvalue weighted by molar-refractivity contribution is 5.81. The van der Waals surface area contributed by atoms with Crippen molar-refractivity contribution in [3.8, 4) is 0 Å². The third-order valence-electron chi connectivity index (χ3n) is 5.43. The second-order valence-electron chi connectivity index (χ2n) is 7.53. The molecule has 1 saturated carbocycles. The highest BCUT2D eigenvalue weighted by atomic mass is 16.3. The number of nitrogens with zero attached hydrogens (tertiary/aromatic N) is 3.